The average molecular weight is 556 g/mol. The summed E-state index contributed by atoms with van der Waals surface area (Å²) in [6.07, 6.45) is 1.31. The van der Waals surface area contributed by atoms with Gasteiger partial charge in [-0.05, 0) is 35.2 Å². The van der Waals surface area contributed by atoms with Crippen LogP contribution in [0.2, 0.25) is 5.02 Å². The summed E-state index contributed by atoms with van der Waals surface area (Å²) in [6, 6.07) is 24.1. The van der Waals surface area contributed by atoms with Crippen LogP contribution in [0.3, 0.4) is 0 Å². The molecule has 3 aromatic carbocycles. The average Bonchev–Trinajstić information content (AvgIpc) is 2.89. The first-order valence-corrected chi connectivity index (χ1v) is 14.7. The number of para-hydroxylation sites is 1. The van der Waals surface area contributed by atoms with Gasteiger partial charge in [0, 0.05) is 24.5 Å². The van der Waals surface area contributed by atoms with Gasteiger partial charge in [0.15, 0.2) is 0 Å². The summed E-state index contributed by atoms with van der Waals surface area (Å²) in [5, 5.41) is 3.41. The molecular weight excluding hydrogens is 522 g/mol. The van der Waals surface area contributed by atoms with Crippen LogP contribution in [0.15, 0.2) is 84.9 Å². The lowest BCUT2D eigenvalue weighted by Gasteiger charge is -2.33. The van der Waals surface area contributed by atoms with Crippen molar-refractivity contribution in [3.05, 3.63) is 101 Å². The van der Waals surface area contributed by atoms with E-state index in [1.165, 1.54) is 4.90 Å². The van der Waals surface area contributed by atoms with Gasteiger partial charge in [0.2, 0.25) is 21.8 Å². The molecule has 0 aliphatic rings. The highest BCUT2D eigenvalue weighted by atomic mass is 35.5. The largest absolute Gasteiger partial charge is 0.354 e. The predicted octanol–water partition coefficient (Wildman–Crippen LogP) is 4.52. The van der Waals surface area contributed by atoms with Crippen LogP contribution in [-0.2, 0) is 32.6 Å². The molecule has 2 amide bonds. The van der Waals surface area contributed by atoms with Gasteiger partial charge in [0.25, 0.3) is 0 Å². The second-order valence-electron chi connectivity index (χ2n) is 9.56. The standard InChI is InChI=1S/C29H34ClN3O4S/c1-22(2)19-31-29(35)27(18-23-12-6-4-7-13-23)32(20-24-14-10-11-17-26(24)30)28(34)21-33(38(3,36)37)25-15-8-5-9-16-25/h4-17,22,27H,18-21H2,1-3H3,(H,31,35). The summed E-state index contributed by atoms with van der Waals surface area (Å²) in [6.45, 7) is 4.00. The number of anilines is 1. The summed E-state index contributed by atoms with van der Waals surface area (Å²) < 4.78 is 26.5. The number of carbonyl (C=O) groups is 2. The quantitative estimate of drug-likeness (QED) is 0.356. The summed E-state index contributed by atoms with van der Waals surface area (Å²) >= 11 is 6.45. The topological polar surface area (TPSA) is 86.8 Å². The van der Waals surface area contributed by atoms with Gasteiger partial charge in [-0.3, -0.25) is 13.9 Å². The first kappa shape index (κ1) is 29.2. The zero-order chi connectivity index (χ0) is 27.7. The van der Waals surface area contributed by atoms with E-state index in [2.05, 4.69) is 5.32 Å². The maximum atomic E-state index is 14.0. The number of sulfonamides is 1. The Bertz CT molecular complexity index is 1320. The van der Waals surface area contributed by atoms with E-state index in [0.717, 1.165) is 16.1 Å². The van der Waals surface area contributed by atoms with Crippen molar-refractivity contribution >= 4 is 39.1 Å². The minimum Gasteiger partial charge on any atom is -0.354 e. The molecule has 0 fully saturated rings. The second kappa shape index (κ2) is 13.4. The number of amides is 2. The van der Waals surface area contributed by atoms with Crippen LogP contribution in [-0.4, -0.2) is 50.5 Å². The zero-order valence-corrected chi connectivity index (χ0v) is 23.5. The van der Waals surface area contributed by atoms with Crippen molar-refractivity contribution in [2.24, 2.45) is 5.92 Å². The van der Waals surface area contributed by atoms with E-state index in [-0.39, 0.29) is 24.8 Å². The molecule has 1 unspecified atom stereocenters. The van der Waals surface area contributed by atoms with Gasteiger partial charge in [0.1, 0.15) is 12.6 Å². The number of carbonyl (C=O) groups excluding carboxylic acids is 2. The third-order valence-electron chi connectivity index (χ3n) is 5.98. The fourth-order valence-electron chi connectivity index (χ4n) is 3.99. The molecule has 38 heavy (non-hydrogen) atoms. The molecule has 0 aliphatic heterocycles. The van der Waals surface area contributed by atoms with E-state index in [1.807, 2.05) is 50.2 Å². The van der Waals surface area contributed by atoms with E-state index in [9.17, 15) is 18.0 Å². The van der Waals surface area contributed by atoms with Crippen molar-refractivity contribution in [3.8, 4) is 0 Å². The molecule has 0 aliphatic carbocycles. The zero-order valence-electron chi connectivity index (χ0n) is 21.9. The summed E-state index contributed by atoms with van der Waals surface area (Å²) in [5.41, 5.74) is 1.89. The Morgan fingerprint density at radius 1 is 0.895 bits per heavy atom. The van der Waals surface area contributed by atoms with E-state index in [1.54, 1.807) is 48.5 Å². The number of halogens is 1. The van der Waals surface area contributed by atoms with Gasteiger partial charge in [-0.2, -0.15) is 0 Å². The van der Waals surface area contributed by atoms with Crippen molar-refractivity contribution < 1.29 is 18.0 Å². The van der Waals surface area contributed by atoms with Crippen LogP contribution >= 0.6 is 11.6 Å². The molecular formula is C29H34ClN3O4S. The Hall–Kier alpha value is -3.36. The van der Waals surface area contributed by atoms with E-state index in [0.29, 0.717) is 22.8 Å². The predicted molar refractivity (Wildman–Crippen MR) is 152 cm³/mol. The molecule has 0 aromatic heterocycles. The van der Waals surface area contributed by atoms with Gasteiger partial charge in [0.05, 0.1) is 11.9 Å². The highest BCUT2D eigenvalue weighted by Gasteiger charge is 2.33. The summed E-state index contributed by atoms with van der Waals surface area (Å²) in [5.74, 6) is -0.615. The van der Waals surface area contributed by atoms with Gasteiger partial charge in [-0.25, -0.2) is 8.42 Å². The number of benzene rings is 3. The number of hydrogen-bond acceptors (Lipinski definition) is 4. The molecule has 0 bridgehead atoms. The molecule has 0 saturated heterocycles. The van der Waals surface area contributed by atoms with Crippen LogP contribution < -0.4 is 9.62 Å². The second-order valence-corrected chi connectivity index (χ2v) is 11.9. The molecule has 1 atom stereocenters. The molecule has 202 valence electrons. The molecule has 0 heterocycles. The Kier molecular flexibility index (Phi) is 10.3. The van der Waals surface area contributed by atoms with Crippen molar-refractivity contribution in [1.29, 1.82) is 0 Å². The van der Waals surface area contributed by atoms with Gasteiger partial charge < -0.3 is 10.2 Å². The first-order valence-electron chi connectivity index (χ1n) is 12.4. The van der Waals surface area contributed by atoms with Crippen molar-refractivity contribution in [1.82, 2.24) is 10.2 Å². The fourth-order valence-corrected chi connectivity index (χ4v) is 5.04. The minimum absolute atomic E-state index is 0.0392. The van der Waals surface area contributed by atoms with Crippen LogP contribution in [0.1, 0.15) is 25.0 Å². The molecule has 0 spiro atoms. The first-order chi connectivity index (χ1) is 18.1. The molecule has 3 aromatic rings. The highest BCUT2D eigenvalue weighted by molar-refractivity contribution is 7.92. The van der Waals surface area contributed by atoms with E-state index < -0.39 is 28.5 Å². The lowest BCUT2D eigenvalue weighted by molar-refractivity contribution is -0.140. The maximum absolute atomic E-state index is 14.0. The Balaban J connectivity index is 2.04. The monoisotopic (exact) mass is 555 g/mol. The Morgan fingerprint density at radius 2 is 1.47 bits per heavy atom. The fraction of sp³-hybridized carbons (Fsp3) is 0.310. The molecule has 0 saturated carbocycles. The number of nitrogens with zero attached hydrogens (tertiary/aromatic N) is 2. The number of rotatable bonds is 12. The van der Waals surface area contributed by atoms with Gasteiger partial charge >= 0.3 is 0 Å². The third-order valence-corrected chi connectivity index (χ3v) is 7.49. The van der Waals surface area contributed by atoms with E-state index >= 15 is 0 Å². The Labute approximate surface area is 230 Å². The van der Waals surface area contributed by atoms with Crippen LogP contribution in [0, 0.1) is 5.92 Å². The van der Waals surface area contributed by atoms with Crippen LogP contribution in [0.4, 0.5) is 5.69 Å². The Morgan fingerprint density at radius 3 is 2.05 bits per heavy atom. The lowest BCUT2D eigenvalue weighted by atomic mass is 10.0. The molecule has 3 rings (SSSR count). The van der Waals surface area contributed by atoms with Crippen molar-refractivity contribution in [3.63, 3.8) is 0 Å². The highest BCUT2D eigenvalue weighted by Crippen LogP contribution is 2.22. The summed E-state index contributed by atoms with van der Waals surface area (Å²) in [4.78, 5) is 29.0. The molecule has 1 N–H and O–H groups in total. The van der Waals surface area contributed by atoms with Gasteiger partial charge in [-0.15, -0.1) is 0 Å². The number of nitrogens with one attached hydrogen (secondary N) is 1. The van der Waals surface area contributed by atoms with Crippen LogP contribution in [0.5, 0.6) is 0 Å². The molecule has 0 radical (unpaired) electrons. The summed E-state index contributed by atoms with van der Waals surface area (Å²) in [7, 11) is -3.79. The van der Waals surface area contributed by atoms with Crippen molar-refractivity contribution in [2.45, 2.75) is 32.9 Å². The van der Waals surface area contributed by atoms with Gasteiger partial charge in [-0.1, -0.05) is 92.2 Å². The SMILES string of the molecule is CC(C)CNC(=O)C(Cc1ccccc1)N(Cc1ccccc1Cl)C(=O)CN(c1ccccc1)S(C)(=O)=O. The third kappa shape index (κ3) is 8.33. The lowest BCUT2D eigenvalue weighted by Crippen LogP contribution is -2.53. The number of hydrogen-bond donors (Lipinski definition) is 1. The minimum atomic E-state index is -3.79. The molecule has 7 nitrogen and oxygen atoms in total. The smallest absolute Gasteiger partial charge is 0.244 e. The molecule has 9 heteroatoms. The normalized spacial score (nSPS) is 12.1. The maximum Gasteiger partial charge on any atom is 0.244 e. The van der Waals surface area contributed by atoms with E-state index in [4.69, 9.17) is 11.6 Å². The van der Waals surface area contributed by atoms with Crippen LogP contribution in [0.25, 0.3) is 0 Å². The van der Waals surface area contributed by atoms with Crippen molar-refractivity contribution in [2.75, 3.05) is 23.7 Å².